The number of hydrogen-bond acceptors (Lipinski definition) is 7. The highest BCUT2D eigenvalue weighted by Crippen LogP contribution is 2.31. The van der Waals surface area contributed by atoms with Crippen molar-refractivity contribution in [2.45, 2.75) is 44.6 Å². The summed E-state index contributed by atoms with van der Waals surface area (Å²) in [7, 11) is -1.00. The second kappa shape index (κ2) is 9.93. The number of methoxy groups -OCH3 is 2. The van der Waals surface area contributed by atoms with E-state index in [0.717, 1.165) is 5.56 Å². The average molecular weight is 476 g/mol. The predicted octanol–water partition coefficient (Wildman–Crippen LogP) is 3.21. The quantitative estimate of drug-likeness (QED) is 0.427. The van der Waals surface area contributed by atoms with Gasteiger partial charge in [-0.1, -0.05) is 17.7 Å². The van der Waals surface area contributed by atoms with Crippen LogP contribution in [-0.4, -0.2) is 57.9 Å². The van der Waals surface area contributed by atoms with Crippen LogP contribution in [0.2, 0.25) is 0 Å². The van der Waals surface area contributed by atoms with Crippen molar-refractivity contribution in [3.8, 4) is 11.5 Å². The van der Waals surface area contributed by atoms with E-state index in [1.807, 2.05) is 19.1 Å². The number of nitrogens with zero attached hydrogens (tertiary/aromatic N) is 1. The van der Waals surface area contributed by atoms with E-state index < -0.39 is 34.4 Å². The second-order valence-electron chi connectivity index (χ2n) is 8.10. The number of esters is 1. The van der Waals surface area contributed by atoms with Crippen LogP contribution in [0.5, 0.6) is 11.5 Å². The van der Waals surface area contributed by atoms with Crippen LogP contribution in [-0.2, 0) is 19.6 Å². The fourth-order valence-electron chi connectivity index (χ4n) is 4.30. The molecular weight excluding hydrogens is 446 g/mol. The van der Waals surface area contributed by atoms with Crippen molar-refractivity contribution in [2.75, 3.05) is 27.4 Å². The number of benzene rings is 2. The monoisotopic (exact) mass is 475 g/mol. The summed E-state index contributed by atoms with van der Waals surface area (Å²) < 4.78 is 43.7. The Labute approximate surface area is 194 Å². The highest BCUT2D eigenvalue weighted by Gasteiger charge is 2.41. The van der Waals surface area contributed by atoms with Crippen LogP contribution in [0.25, 0.3) is 0 Å². The molecule has 0 radical (unpaired) electrons. The van der Waals surface area contributed by atoms with Crippen LogP contribution in [0.3, 0.4) is 0 Å². The van der Waals surface area contributed by atoms with Gasteiger partial charge in [-0.15, -0.1) is 0 Å². The molecule has 178 valence electrons. The van der Waals surface area contributed by atoms with Gasteiger partial charge in [-0.2, -0.15) is 4.31 Å². The third kappa shape index (κ3) is 5.04. The second-order valence-corrected chi connectivity index (χ2v) is 9.93. The average Bonchev–Trinajstić information content (AvgIpc) is 3.27. The highest BCUT2D eigenvalue weighted by atomic mass is 32.2. The summed E-state index contributed by atoms with van der Waals surface area (Å²) in [5.74, 6) is -0.431. The largest absolute Gasteiger partial charge is 0.497 e. The first kappa shape index (κ1) is 24.7. The van der Waals surface area contributed by atoms with Gasteiger partial charge >= 0.3 is 5.97 Å². The molecule has 0 aromatic heterocycles. The third-order valence-corrected chi connectivity index (χ3v) is 7.91. The maximum atomic E-state index is 13.4. The van der Waals surface area contributed by atoms with E-state index in [4.69, 9.17) is 14.2 Å². The fourth-order valence-corrected chi connectivity index (χ4v) is 6.36. The number of rotatable bonds is 8. The Bertz CT molecular complexity index is 1150. The summed E-state index contributed by atoms with van der Waals surface area (Å²) >= 11 is 0. The Kier molecular flexibility index (Phi) is 7.44. The summed E-state index contributed by atoms with van der Waals surface area (Å²) in [6.07, 6.45) is 0.860. The van der Waals surface area contributed by atoms with Crippen molar-refractivity contribution in [1.82, 2.24) is 4.31 Å². The topological polar surface area (TPSA) is 99.2 Å². The lowest BCUT2D eigenvalue weighted by Crippen LogP contribution is -2.42. The summed E-state index contributed by atoms with van der Waals surface area (Å²) in [5.41, 5.74) is 2.44. The molecule has 8 nitrogen and oxygen atoms in total. The molecule has 1 unspecified atom stereocenters. The minimum absolute atomic E-state index is 0.213. The Morgan fingerprint density at radius 2 is 1.70 bits per heavy atom. The molecule has 2 aromatic carbocycles. The molecule has 1 atom stereocenters. The van der Waals surface area contributed by atoms with Crippen LogP contribution in [0.1, 0.15) is 39.9 Å². The van der Waals surface area contributed by atoms with E-state index in [1.54, 1.807) is 26.0 Å². The molecule has 0 aliphatic carbocycles. The maximum absolute atomic E-state index is 13.4. The van der Waals surface area contributed by atoms with Crippen molar-refractivity contribution in [3.63, 3.8) is 0 Å². The van der Waals surface area contributed by atoms with Gasteiger partial charge in [0.15, 0.2) is 6.61 Å². The fraction of sp³-hybridized carbons (Fsp3) is 0.417. The van der Waals surface area contributed by atoms with Gasteiger partial charge in [-0.25, -0.2) is 8.42 Å². The summed E-state index contributed by atoms with van der Waals surface area (Å²) in [6.45, 7) is 5.08. The Hall–Kier alpha value is -2.91. The minimum Gasteiger partial charge on any atom is -0.497 e. The first-order chi connectivity index (χ1) is 15.6. The number of ketones is 1. The van der Waals surface area contributed by atoms with E-state index >= 15 is 0 Å². The lowest BCUT2D eigenvalue weighted by molar-refractivity contribution is -0.146. The number of hydrogen-bond donors (Lipinski definition) is 0. The van der Waals surface area contributed by atoms with Gasteiger partial charge in [0.2, 0.25) is 15.8 Å². The molecule has 3 rings (SSSR count). The van der Waals surface area contributed by atoms with E-state index in [-0.39, 0.29) is 17.0 Å². The molecule has 1 aliphatic rings. The number of ether oxygens (including phenoxy) is 3. The first-order valence-electron chi connectivity index (χ1n) is 10.6. The minimum atomic E-state index is -3.91. The summed E-state index contributed by atoms with van der Waals surface area (Å²) in [4.78, 5) is 25.7. The molecule has 1 saturated heterocycles. The molecular formula is C24H29NO7S. The summed E-state index contributed by atoms with van der Waals surface area (Å²) in [6, 6.07) is 7.38. The zero-order valence-corrected chi connectivity index (χ0v) is 20.3. The molecule has 33 heavy (non-hydrogen) atoms. The van der Waals surface area contributed by atoms with Crippen LogP contribution in [0, 0.1) is 20.8 Å². The van der Waals surface area contributed by atoms with Gasteiger partial charge in [-0.05, 0) is 62.9 Å². The maximum Gasteiger partial charge on any atom is 0.324 e. The zero-order valence-electron chi connectivity index (χ0n) is 19.5. The van der Waals surface area contributed by atoms with Gasteiger partial charge < -0.3 is 14.2 Å². The molecule has 0 amide bonds. The number of aryl methyl sites for hydroxylation is 3. The molecule has 1 aliphatic heterocycles. The van der Waals surface area contributed by atoms with Gasteiger partial charge in [0.1, 0.15) is 17.5 Å². The SMILES string of the molecule is COc1ccc(OC)c(C(=O)COC(=O)C2CCCN2S(=O)(=O)c2c(C)cc(C)cc2C)c1. The Morgan fingerprint density at radius 1 is 1.03 bits per heavy atom. The Morgan fingerprint density at radius 3 is 2.30 bits per heavy atom. The van der Waals surface area contributed by atoms with Gasteiger partial charge in [0.05, 0.1) is 24.7 Å². The lowest BCUT2D eigenvalue weighted by Gasteiger charge is -2.24. The highest BCUT2D eigenvalue weighted by molar-refractivity contribution is 7.89. The van der Waals surface area contributed by atoms with E-state index in [9.17, 15) is 18.0 Å². The molecule has 0 spiro atoms. The molecule has 1 fully saturated rings. The molecule has 2 aromatic rings. The standard InChI is InChI=1S/C24H29NO7S/c1-15-11-16(2)23(17(3)12-15)33(28,29)25-10-6-7-20(25)24(27)32-14-21(26)19-13-18(30-4)8-9-22(19)31-5/h8-9,11-13,20H,6-7,10,14H2,1-5H3. The Balaban J connectivity index is 1.78. The molecule has 0 saturated carbocycles. The van der Waals surface area contributed by atoms with E-state index in [1.165, 1.54) is 24.6 Å². The predicted molar refractivity (Wildman–Crippen MR) is 122 cm³/mol. The van der Waals surface area contributed by atoms with Crippen LogP contribution < -0.4 is 9.47 Å². The number of carbonyl (C=O) groups excluding carboxylic acids is 2. The van der Waals surface area contributed by atoms with Crippen LogP contribution in [0.4, 0.5) is 0 Å². The smallest absolute Gasteiger partial charge is 0.324 e. The van der Waals surface area contributed by atoms with Crippen molar-refractivity contribution in [1.29, 1.82) is 0 Å². The first-order valence-corrected chi connectivity index (χ1v) is 12.1. The third-order valence-electron chi connectivity index (χ3n) is 5.70. The molecule has 1 heterocycles. The van der Waals surface area contributed by atoms with Gasteiger partial charge in [0.25, 0.3) is 0 Å². The number of Topliss-reactive ketones (excluding diaryl/α,β-unsaturated/α-hetero) is 1. The molecule has 0 bridgehead atoms. The van der Waals surface area contributed by atoms with Crippen molar-refractivity contribution in [2.24, 2.45) is 0 Å². The van der Waals surface area contributed by atoms with Gasteiger partial charge in [-0.3, -0.25) is 9.59 Å². The van der Waals surface area contributed by atoms with Crippen molar-refractivity contribution in [3.05, 3.63) is 52.6 Å². The van der Waals surface area contributed by atoms with E-state index in [2.05, 4.69) is 0 Å². The van der Waals surface area contributed by atoms with Crippen LogP contribution in [0.15, 0.2) is 35.2 Å². The normalized spacial score (nSPS) is 16.5. The van der Waals surface area contributed by atoms with Crippen molar-refractivity contribution >= 4 is 21.8 Å². The zero-order chi connectivity index (χ0) is 24.3. The number of sulfonamides is 1. The van der Waals surface area contributed by atoms with Crippen molar-refractivity contribution < 1.29 is 32.2 Å². The summed E-state index contributed by atoms with van der Waals surface area (Å²) in [5, 5.41) is 0. The van der Waals surface area contributed by atoms with Crippen LogP contribution >= 0.6 is 0 Å². The van der Waals surface area contributed by atoms with E-state index in [0.29, 0.717) is 35.5 Å². The lowest BCUT2D eigenvalue weighted by atomic mass is 10.1. The molecule has 9 heteroatoms. The number of carbonyl (C=O) groups is 2. The van der Waals surface area contributed by atoms with Gasteiger partial charge in [0, 0.05) is 6.54 Å². The molecule has 0 N–H and O–H groups in total.